The Morgan fingerprint density at radius 2 is 1.89 bits per heavy atom. The van der Waals surface area contributed by atoms with Crippen LogP contribution in [0.15, 0.2) is 53.4 Å². The number of benzene rings is 2. The molecule has 0 radical (unpaired) electrons. The predicted molar refractivity (Wildman–Crippen MR) is 71.1 cm³/mol. The van der Waals surface area contributed by atoms with Gasteiger partial charge in [-0.3, -0.25) is 0 Å². The molecule has 0 atom stereocenters. The van der Waals surface area contributed by atoms with Gasteiger partial charge in [0.05, 0.1) is 5.56 Å². The molecule has 0 spiro atoms. The molecule has 2 aromatic carbocycles. The van der Waals surface area contributed by atoms with Gasteiger partial charge in [0.2, 0.25) is 0 Å². The largest absolute Gasteiger partial charge is 0.508 e. The van der Waals surface area contributed by atoms with Gasteiger partial charge in [0.15, 0.2) is 0 Å². The minimum atomic E-state index is -0.921. The third-order valence-electron chi connectivity index (χ3n) is 2.40. The molecule has 0 heterocycles. The summed E-state index contributed by atoms with van der Waals surface area (Å²) < 4.78 is 0. The Hall–Kier alpha value is -1.94. The number of hydrogen-bond acceptors (Lipinski definition) is 3. The van der Waals surface area contributed by atoms with E-state index in [2.05, 4.69) is 0 Å². The average molecular weight is 260 g/mol. The molecule has 0 bridgehead atoms. The maximum Gasteiger partial charge on any atom is 0.335 e. The van der Waals surface area contributed by atoms with E-state index >= 15 is 0 Å². The SMILES string of the molecule is O=C(O)c1cccc(SCc2cccc(O)c2)c1. The quantitative estimate of drug-likeness (QED) is 0.827. The fourth-order valence-electron chi connectivity index (χ4n) is 1.53. The molecule has 92 valence electrons. The number of carboxylic acids is 1. The van der Waals surface area contributed by atoms with Crippen LogP contribution in [0.3, 0.4) is 0 Å². The molecule has 3 nitrogen and oxygen atoms in total. The molecule has 0 aromatic heterocycles. The Labute approximate surface area is 109 Å². The summed E-state index contributed by atoms with van der Waals surface area (Å²) in [4.78, 5) is 11.7. The molecule has 2 rings (SSSR count). The normalized spacial score (nSPS) is 10.2. The Balaban J connectivity index is 2.06. The summed E-state index contributed by atoms with van der Waals surface area (Å²) in [6.07, 6.45) is 0. The summed E-state index contributed by atoms with van der Waals surface area (Å²) in [5.74, 6) is 0.0134. The van der Waals surface area contributed by atoms with Crippen LogP contribution in [0.25, 0.3) is 0 Å². The fourth-order valence-corrected chi connectivity index (χ4v) is 2.43. The summed E-state index contributed by atoms with van der Waals surface area (Å²) in [6.45, 7) is 0. The Bertz CT molecular complexity index is 566. The van der Waals surface area contributed by atoms with E-state index < -0.39 is 5.97 Å². The second-order valence-electron chi connectivity index (χ2n) is 3.79. The van der Waals surface area contributed by atoms with Crippen molar-refractivity contribution in [1.29, 1.82) is 0 Å². The molecule has 4 heteroatoms. The van der Waals surface area contributed by atoms with Gasteiger partial charge in [0, 0.05) is 10.6 Å². The van der Waals surface area contributed by atoms with E-state index in [1.165, 1.54) is 11.8 Å². The maximum absolute atomic E-state index is 10.8. The van der Waals surface area contributed by atoms with Gasteiger partial charge < -0.3 is 10.2 Å². The van der Waals surface area contributed by atoms with Crippen LogP contribution in [0.2, 0.25) is 0 Å². The molecule has 18 heavy (non-hydrogen) atoms. The molecular weight excluding hydrogens is 248 g/mol. The third-order valence-corrected chi connectivity index (χ3v) is 3.46. The lowest BCUT2D eigenvalue weighted by Crippen LogP contribution is -1.95. The van der Waals surface area contributed by atoms with Crippen LogP contribution in [0.4, 0.5) is 0 Å². The molecule has 0 amide bonds. The van der Waals surface area contributed by atoms with Crippen molar-refractivity contribution in [2.45, 2.75) is 10.6 Å². The van der Waals surface area contributed by atoms with E-state index in [1.54, 1.807) is 36.4 Å². The Morgan fingerprint density at radius 1 is 1.11 bits per heavy atom. The third kappa shape index (κ3) is 3.28. The minimum Gasteiger partial charge on any atom is -0.508 e. The number of thioether (sulfide) groups is 1. The Morgan fingerprint density at radius 3 is 2.61 bits per heavy atom. The van der Waals surface area contributed by atoms with Gasteiger partial charge in [-0.2, -0.15) is 0 Å². The summed E-state index contributed by atoms with van der Waals surface area (Å²) in [7, 11) is 0. The second-order valence-corrected chi connectivity index (χ2v) is 4.84. The standard InChI is InChI=1S/C14H12O3S/c15-12-5-1-3-10(7-12)9-18-13-6-2-4-11(8-13)14(16)17/h1-8,15H,9H2,(H,16,17). The molecule has 0 unspecified atom stereocenters. The van der Waals surface area contributed by atoms with Crippen LogP contribution in [-0.4, -0.2) is 16.2 Å². The number of carbonyl (C=O) groups is 1. The molecular formula is C14H12O3S. The molecule has 2 aromatic rings. The van der Waals surface area contributed by atoms with Crippen molar-refractivity contribution in [1.82, 2.24) is 0 Å². The van der Waals surface area contributed by atoms with Gasteiger partial charge in [-0.1, -0.05) is 18.2 Å². The van der Waals surface area contributed by atoms with Crippen LogP contribution < -0.4 is 0 Å². The van der Waals surface area contributed by atoms with Gasteiger partial charge in [0.25, 0.3) is 0 Å². The van der Waals surface area contributed by atoms with Crippen molar-refractivity contribution in [3.05, 3.63) is 59.7 Å². The zero-order valence-corrected chi connectivity index (χ0v) is 10.4. The zero-order valence-electron chi connectivity index (χ0n) is 9.54. The number of hydrogen-bond donors (Lipinski definition) is 2. The minimum absolute atomic E-state index is 0.243. The highest BCUT2D eigenvalue weighted by atomic mass is 32.2. The first-order valence-corrected chi connectivity index (χ1v) is 6.38. The van der Waals surface area contributed by atoms with Crippen LogP contribution in [0.1, 0.15) is 15.9 Å². The number of rotatable bonds is 4. The molecule has 2 N–H and O–H groups in total. The molecule has 0 saturated carbocycles. The van der Waals surface area contributed by atoms with E-state index in [4.69, 9.17) is 5.11 Å². The smallest absolute Gasteiger partial charge is 0.335 e. The van der Waals surface area contributed by atoms with Crippen molar-refractivity contribution in [3.8, 4) is 5.75 Å². The van der Waals surface area contributed by atoms with Crippen LogP contribution >= 0.6 is 11.8 Å². The first-order chi connectivity index (χ1) is 8.65. The average Bonchev–Trinajstić information content (AvgIpc) is 2.37. The van der Waals surface area contributed by atoms with Crippen molar-refractivity contribution in [2.24, 2.45) is 0 Å². The van der Waals surface area contributed by atoms with Crippen LogP contribution in [0.5, 0.6) is 5.75 Å². The van der Waals surface area contributed by atoms with Gasteiger partial charge in [-0.25, -0.2) is 4.79 Å². The van der Waals surface area contributed by atoms with Gasteiger partial charge in [0.1, 0.15) is 5.75 Å². The maximum atomic E-state index is 10.8. The molecule has 0 aliphatic carbocycles. The number of carboxylic acid groups (broad SMARTS) is 1. The van der Waals surface area contributed by atoms with E-state index in [0.29, 0.717) is 5.75 Å². The summed E-state index contributed by atoms with van der Waals surface area (Å²) in [5, 5.41) is 18.2. The monoisotopic (exact) mass is 260 g/mol. The molecule has 0 aliphatic heterocycles. The number of phenols is 1. The first kappa shape index (κ1) is 12.5. The number of aromatic hydroxyl groups is 1. The van der Waals surface area contributed by atoms with Crippen molar-refractivity contribution in [2.75, 3.05) is 0 Å². The zero-order chi connectivity index (χ0) is 13.0. The number of phenolic OH excluding ortho intramolecular Hbond substituents is 1. The summed E-state index contributed by atoms with van der Waals surface area (Å²) in [5.41, 5.74) is 1.29. The van der Waals surface area contributed by atoms with E-state index in [-0.39, 0.29) is 11.3 Å². The predicted octanol–water partition coefficient (Wildman–Crippen LogP) is 3.38. The lowest BCUT2D eigenvalue weighted by Gasteiger charge is -2.03. The highest BCUT2D eigenvalue weighted by Gasteiger charge is 2.04. The van der Waals surface area contributed by atoms with Gasteiger partial charge >= 0.3 is 5.97 Å². The molecule has 0 aliphatic rings. The first-order valence-electron chi connectivity index (χ1n) is 5.39. The van der Waals surface area contributed by atoms with Crippen molar-refractivity contribution >= 4 is 17.7 Å². The van der Waals surface area contributed by atoms with E-state index in [1.807, 2.05) is 12.1 Å². The lowest BCUT2D eigenvalue weighted by molar-refractivity contribution is 0.0696. The highest BCUT2D eigenvalue weighted by molar-refractivity contribution is 7.98. The topological polar surface area (TPSA) is 57.5 Å². The van der Waals surface area contributed by atoms with E-state index in [0.717, 1.165) is 10.5 Å². The lowest BCUT2D eigenvalue weighted by atomic mass is 10.2. The fraction of sp³-hybridized carbons (Fsp3) is 0.0714. The van der Waals surface area contributed by atoms with Gasteiger partial charge in [-0.15, -0.1) is 11.8 Å². The summed E-state index contributed by atoms with van der Waals surface area (Å²) in [6, 6.07) is 13.9. The van der Waals surface area contributed by atoms with E-state index in [9.17, 15) is 9.90 Å². The Kier molecular flexibility index (Phi) is 3.89. The number of aromatic carboxylic acids is 1. The highest BCUT2D eigenvalue weighted by Crippen LogP contribution is 2.24. The van der Waals surface area contributed by atoms with Crippen LogP contribution in [0, 0.1) is 0 Å². The molecule has 0 saturated heterocycles. The summed E-state index contributed by atoms with van der Waals surface area (Å²) >= 11 is 1.54. The van der Waals surface area contributed by atoms with Crippen molar-refractivity contribution < 1.29 is 15.0 Å². The molecule has 0 fully saturated rings. The second kappa shape index (κ2) is 5.60. The van der Waals surface area contributed by atoms with Crippen molar-refractivity contribution in [3.63, 3.8) is 0 Å². The van der Waals surface area contributed by atoms with Crippen LogP contribution in [-0.2, 0) is 5.75 Å². The van der Waals surface area contributed by atoms with Gasteiger partial charge in [-0.05, 0) is 35.9 Å².